The Morgan fingerprint density at radius 2 is 1.94 bits per heavy atom. The Balaban J connectivity index is 2.51. The normalized spacial score (nSPS) is 14.7. The smallest absolute Gasteiger partial charge is 0.127 e. The van der Waals surface area contributed by atoms with E-state index in [9.17, 15) is 4.79 Å². The summed E-state index contributed by atoms with van der Waals surface area (Å²) in [6.45, 7) is 4.13. The Kier molecular flexibility index (Phi) is 6.06. The van der Waals surface area contributed by atoms with Crippen molar-refractivity contribution in [3.05, 3.63) is 42.5 Å². The molecule has 0 radical (unpaired) electrons. The van der Waals surface area contributed by atoms with Crippen molar-refractivity contribution in [3.63, 3.8) is 0 Å². The first-order chi connectivity index (χ1) is 8.20. The van der Waals surface area contributed by atoms with Crippen LogP contribution in [0.25, 0.3) is 0 Å². The fourth-order valence-corrected chi connectivity index (χ4v) is 2.46. The van der Waals surface area contributed by atoms with Crippen LogP contribution >= 0.6 is 11.8 Å². The van der Waals surface area contributed by atoms with Crippen molar-refractivity contribution in [1.82, 2.24) is 0 Å². The second-order valence-corrected chi connectivity index (χ2v) is 5.51. The Labute approximate surface area is 108 Å². The lowest BCUT2D eigenvalue weighted by atomic mass is 9.91. The van der Waals surface area contributed by atoms with Crippen LogP contribution in [0.4, 0.5) is 0 Å². The second-order valence-electron chi connectivity index (χ2n) is 4.46. The van der Waals surface area contributed by atoms with Crippen LogP contribution < -0.4 is 0 Å². The van der Waals surface area contributed by atoms with Crippen LogP contribution in [0.15, 0.2) is 47.4 Å². The molecule has 1 aromatic rings. The molecule has 2 heteroatoms. The van der Waals surface area contributed by atoms with Gasteiger partial charge in [-0.1, -0.05) is 44.2 Å². The summed E-state index contributed by atoms with van der Waals surface area (Å²) in [4.78, 5) is 12.4. The third-order valence-corrected chi connectivity index (χ3v) is 3.99. The van der Waals surface area contributed by atoms with Gasteiger partial charge in [0.25, 0.3) is 0 Å². The zero-order valence-corrected chi connectivity index (χ0v) is 11.4. The van der Waals surface area contributed by atoms with Crippen LogP contribution in [0.5, 0.6) is 0 Å². The first-order valence-corrected chi connectivity index (χ1v) is 6.98. The second kappa shape index (κ2) is 7.33. The molecule has 1 rings (SSSR count). The Morgan fingerprint density at radius 3 is 2.53 bits per heavy atom. The van der Waals surface area contributed by atoms with E-state index in [-0.39, 0.29) is 5.41 Å². The van der Waals surface area contributed by atoms with Gasteiger partial charge in [0, 0.05) is 16.1 Å². The van der Waals surface area contributed by atoms with Gasteiger partial charge >= 0.3 is 0 Å². The highest BCUT2D eigenvalue weighted by Crippen LogP contribution is 2.29. The monoisotopic (exact) mass is 248 g/mol. The standard InChI is InChI=1S/C15H20OS/c1-3-4-8-11-15(2,12-16)13-17-14-9-6-5-7-10-14/h4-10,12H,3,11,13H2,1-2H3/b8-4+. The Morgan fingerprint density at radius 1 is 1.24 bits per heavy atom. The molecule has 1 atom stereocenters. The number of hydrogen-bond donors (Lipinski definition) is 0. The number of carbonyl (C=O) groups excluding carboxylic acids is 1. The van der Waals surface area contributed by atoms with Crippen LogP contribution in [-0.4, -0.2) is 12.0 Å². The lowest BCUT2D eigenvalue weighted by Crippen LogP contribution is -2.20. The highest BCUT2D eigenvalue weighted by atomic mass is 32.2. The molecule has 0 heterocycles. The highest BCUT2D eigenvalue weighted by molar-refractivity contribution is 7.99. The Hall–Kier alpha value is -1.02. The summed E-state index contributed by atoms with van der Waals surface area (Å²) in [5.74, 6) is 0.828. The molecular formula is C15H20OS. The molecule has 0 saturated carbocycles. The minimum atomic E-state index is -0.258. The molecule has 0 bridgehead atoms. The first-order valence-electron chi connectivity index (χ1n) is 5.99. The number of hydrogen-bond acceptors (Lipinski definition) is 2. The fraction of sp³-hybridized carbons (Fsp3) is 0.400. The van der Waals surface area contributed by atoms with Gasteiger partial charge in [0.05, 0.1) is 0 Å². The summed E-state index contributed by atoms with van der Waals surface area (Å²) in [5, 5.41) is 0. The maximum atomic E-state index is 11.2. The predicted molar refractivity (Wildman–Crippen MR) is 75.4 cm³/mol. The third-order valence-electron chi connectivity index (χ3n) is 2.58. The summed E-state index contributed by atoms with van der Waals surface area (Å²) in [6, 6.07) is 10.2. The van der Waals surface area contributed by atoms with Crippen LogP contribution in [0.1, 0.15) is 26.7 Å². The number of carbonyl (C=O) groups is 1. The molecule has 1 nitrogen and oxygen atoms in total. The molecule has 0 aliphatic carbocycles. The van der Waals surface area contributed by atoms with E-state index in [1.54, 1.807) is 11.8 Å². The van der Waals surface area contributed by atoms with Crippen molar-refractivity contribution in [2.75, 3.05) is 5.75 Å². The lowest BCUT2D eigenvalue weighted by Gasteiger charge is -2.20. The van der Waals surface area contributed by atoms with E-state index in [1.807, 2.05) is 25.1 Å². The zero-order chi connectivity index (χ0) is 12.6. The van der Waals surface area contributed by atoms with Crippen molar-refractivity contribution < 1.29 is 4.79 Å². The maximum Gasteiger partial charge on any atom is 0.127 e. The summed E-state index contributed by atoms with van der Waals surface area (Å²) >= 11 is 1.74. The number of thioether (sulfide) groups is 1. The first kappa shape index (κ1) is 14.0. The van der Waals surface area contributed by atoms with Gasteiger partial charge in [-0.15, -0.1) is 11.8 Å². The average Bonchev–Trinajstić information content (AvgIpc) is 2.38. The van der Waals surface area contributed by atoms with Crippen LogP contribution in [-0.2, 0) is 4.79 Å². The van der Waals surface area contributed by atoms with Gasteiger partial charge in [0.2, 0.25) is 0 Å². The van der Waals surface area contributed by atoms with Gasteiger partial charge in [-0.3, -0.25) is 0 Å². The lowest BCUT2D eigenvalue weighted by molar-refractivity contribution is -0.114. The van der Waals surface area contributed by atoms with E-state index in [1.165, 1.54) is 4.90 Å². The molecule has 0 amide bonds. The third kappa shape index (κ3) is 5.22. The fourth-order valence-electron chi connectivity index (χ4n) is 1.43. The van der Waals surface area contributed by atoms with Crippen molar-refractivity contribution in [1.29, 1.82) is 0 Å². The molecule has 1 unspecified atom stereocenters. The van der Waals surface area contributed by atoms with Gasteiger partial charge in [0.15, 0.2) is 0 Å². The molecule has 17 heavy (non-hydrogen) atoms. The molecule has 0 aliphatic heterocycles. The number of rotatable bonds is 7. The van der Waals surface area contributed by atoms with Crippen LogP contribution in [0.3, 0.4) is 0 Å². The number of benzene rings is 1. The van der Waals surface area contributed by atoms with Crippen molar-refractivity contribution in [3.8, 4) is 0 Å². The summed E-state index contributed by atoms with van der Waals surface area (Å²) < 4.78 is 0. The maximum absolute atomic E-state index is 11.2. The van der Waals surface area contributed by atoms with E-state index in [0.717, 1.165) is 24.9 Å². The van der Waals surface area contributed by atoms with Gasteiger partial charge < -0.3 is 4.79 Å². The summed E-state index contributed by atoms with van der Waals surface area (Å²) in [5.41, 5.74) is -0.258. The van der Waals surface area contributed by atoms with E-state index >= 15 is 0 Å². The van der Waals surface area contributed by atoms with Crippen LogP contribution in [0.2, 0.25) is 0 Å². The molecular weight excluding hydrogens is 228 g/mol. The molecule has 0 aromatic heterocycles. The minimum absolute atomic E-state index is 0.258. The van der Waals surface area contributed by atoms with E-state index < -0.39 is 0 Å². The SMILES string of the molecule is CC/C=C/CC(C)(C=O)CSc1ccccc1. The van der Waals surface area contributed by atoms with Crippen molar-refractivity contribution in [2.45, 2.75) is 31.6 Å². The van der Waals surface area contributed by atoms with E-state index in [4.69, 9.17) is 0 Å². The van der Waals surface area contributed by atoms with Crippen molar-refractivity contribution >= 4 is 18.0 Å². The van der Waals surface area contributed by atoms with Gasteiger partial charge in [-0.05, 0) is 25.0 Å². The van der Waals surface area contributed by atoms with Crippen LogP contribution in [0, 0.1) is 5.41 Å². The molecule has 1 aromatic carbocycles. The largest absolute Gasteiger partial charge is 0.303 e. The number of allylic oxidation sites excluding steroid dienone is 2. The summed E-state index contributed by atoms with van der Waals surface area (Å²) in [6.07, 6.45) is 7.17. The highest BCUT2D eigenvalue weighted by Gasteiger charge is 2.22. The predicted octanol–water partition coefficient (Wildman–Crippen LogP) is 4.34. The average molecular weight is 248 g/mol. The minimum Gasteiger partial charge on any atom is -0.303 e. The van der Waals surface area contributed by atoms with E-state index in [0.29, 0.717) is 0 Å². The topological polar surface area (TPSA) is 17.1 Å². The molecule has 0 aliphatic rings. The molecule has 92 valence electrons. The zero-order valence-electron chi connectivity index (χ0n) is 10.6. The number of aldehydes is 1. The quantitative estimate of drug-likeness (QED) is 0.405. The molecule has 0 fully saturated rings. The molecule has 0 saturated heterocycles. The summed E-state index contributed by atoms with van der Waals surface area (Å²) in [7, 11) is 0. The molecule has 0 spiro atoms. The van der Waals surface area contributed by atoms with E-state index in [2.05, 4.69) is 31.2 Å². The Bertz CT molecular complexity index is 358. The van der Waals surface area contributed by atoms with Gasteiger partial charge in [-0.2, -0.15) is 0 Å². The van der Waals surface area contributed by atoms with Crippen molar-refractivity contribution in [2.24, 2.45) is 5.41 Å². The molecule has 0 N–H and O–H groups in total. The van der Waals surface area contributed by atoms with Gasteiger partial charge in [0.1, 0.15) is 6.29 Å². The van der Waals surface area contributed by atoms with Gasteiger partial charge in [-0.25, -0.2) is 0 Å².